The van der Waals surface area contributed by atoms with Crippen LogP contribution in [0.2, 0.25) is 0 Å². The fraction of sp³-hybridized carbons (Fsp3) is 0.381. The highest BCUT2D eigenvalue weighted by Crippen LogP contribution is 2.34. The summed E-state index contributed by atoms with van der Waals surface area (Å²) < 4.78 is 1.63. The third-order valence-electron chi connectivity index (χ3n) is 5.09. The van der Waals surface area contributed by atoms with Gasteiger partial charge >= 0.3 is 0 Å². The van der Waals surface area contributed by atoms with E-state index in [2.05, 4.69) is 13.5 Å². The molecule has 0 aromatic carbocycles. The molecule has 1 aliphatic rings. The molecule has 0 radical (unpaired) electrons. The lowest BCUT2D eigenvalue weighted by atomic mass is 10.0. The average Bonchev–Trinajstić information content (AvgIpc) is 3.38. The van der Waals surface area contributed by atoms with Crippen LogP contribution < -0.4 is 5.56 Å². The van der Waals surface area contributed by atoms with Gasteiger partial charge in [0.1, 0.15) is 4.83 Å². The van der Waals surface area contributed by atoms with Crippen LogP contribution >= 0.6 is 34.4 Å². The van der Waals surface area contributed by atoms with Crippen LogP contribution in [0.15, 0.2) is 45.5 Å². The SMILES string of the molecule is C=CCn1c(SCC(=O)N2CCCC(C)C2)nc2scc(-c3cccs3)c2c1=O. The highest BCUT2D eigenvalue weighted by molar-refractivity contribution is 7.99. The van der Waals surface area contributed by atoms with E-state index in [4.69, 9.17) is 4.98 Å². The van der Waals surface area contributed by atoms with Crippen molar-refractivity contribution in [3.8, 4) is 10.4 Å². The number of hydrogen-bond acceptors (Lipinski definition) is 6. The standard InChI is InChI=1S/C21H23N3O2S3/c1-3-8-24-20(26)18-15(16-7-5-10-27-16)12-28-19(18)22-21(24)29-13-17(25)23-9-4-6-14(2)11-23/h3,5,7,10,12,14H,1,4,6,8-9,11,13H2,2H3. The molecule has 1 fully saturated rings. The largest absolute Gasteiger partial charge is 0.342 e. The van der Waals surface area contributed by atoms with E-state index in [0.29, 0.717) is 28.8 Å². The van der Waals surface area contributed by atoms with Gasteiger partial charge in [-0.25, -0.2) is 4.98 Å². The number of fused-ring (bicyclic) bond motifs is 1. The average molecular weight is 446 g/mol. The number of carbonyl (C=O) groups excluding carboxylic acids is 1. The Hall–Kier alpha value is -1.90. The summed E-state index contributed by atoms with van der Waals surface area (Å²) >= 11 is 4.44. The number of amides is 1. The Kier molecular flexibility index (Phi) is 6.22. The number of thiophene rings is 2. The molecule has 29 heavy (non-hydrogen) atoms. The summed E-state index contributed by atoms with van der Waals surface area (Å²) in [5, 5.41) is 5.24. The molecular formula is C21H23N3O2S3. The molecule has 0 saturated carbocycles. The summed E-state index contributed by atoms with van der Waals surface area (Å²) in [4.78, 5) is 34.4. The van der Waals surface area contributed by atoms with Crippen LogP contribution in [0.1, 0.15) is 19.8 Å². The van der Waals surface area contributed by atoms with Crippen LogP contribution in [0.25, 0.3) is 20.7 Å². The van der Waals surface area contributed by atoms with Gasteiger partial charge in [0.05, 0.1) is 11.1 Å². The topological polar surface area (TPSA) is 55.2 Å². The Labute approximate surface area is 182 Å². The van der Waals surface area contributed by atoms with Gasteiger partial charge in [0.25, 0.3) is 5.56 Å². The van der Waals surface area contributed by atoms with Crippen molar-refractivity contribution in [3.63, 3.8) is 0 Å². The molecule has 4 rings (SSSR count). The summed E-state index contributed by atoms with van der Waals surface area (Å²) in [5.74, 6) is 0.963. The molecule has 4 heterocycles. The number of carbonyl (C=O) groups is 1. The molecule has 1 atom stereocenters. The van der Waals surface area contributed by atoms with Crippen molar-refractivity contribution in [3.05, 3.63) is 45.9 Å². The molecule has 0 spiro atoms. The predicted molar refractivity (Wildman–Crippen MR) is 123 cm³/mol. The van der Waals surface area contributed by atoms with E-state index in [1.807, 2.05) is 27.8 Å². The zero-order chi connectivity index (χ0) is 20.4. The van der Waals surface area contributed by atoms with E-state index < -0.39 is 0 Å². The first-order valence-electron chi connectivity index (χ1n) is 9.66. The third kappa shape index (κ3) is 4.20. The Morgan fingerprint density at radius 3 is 3.03 bits per heavy atom. The smallest absolute Gasteiger partial charge is 0.263 e. The molecule has 1 amide bonds. The van der Waals surface area contributed by atoms with Crippen LogP contribution in [0, 0.1) is 5.92 Å². The summed E-state index contributed by atoms with van der Waals surface area (Å²) in [6.45, 7) is 7.99. The number of aromatic nitrogens is 2. The third-order valence-corrected chi connectivity index (χ3v) is 7.83. The number of piperidine rings is 1. The highest BCUT2D eigenvalue weighted by atomic mass is 32.2. The normalized spacial score (nSPS) is 17.0. The summed E-state index contributed by atoms with van der Waals surface area (Å²) in [5.41, 5.74) is 0.867. The summed E-state index contributed by atoms with van der Waals surface area (Å²) in [6.07, 6.45) is 3.94. The lowest BCUT2D eigenvalue weighted by Crippen LogP contribution is -2.40. The van der Waals surface area contributed by atoms with Gasteiger partial charge in [0.15, 0.2) is 5.16 Å². The van der Waals surface area contributed by atoms with E-state index in [0.717, 1.165) is 34.8 Å². The number of nitrogens with zero attached hydrogens (tertiary/aromatic N) is 3. The molecule has 1 aliphatic heterocycles. The summed E-state index contributed by atoms with van der Waals surface area (Å²) in [6, 6.07) is 4.00. The van der Waals surface area contributed by atoms with Gasteiger partial charge in [0, 0.05) is 35.5 Å². The number of thioether (sulfide) groups is 1. The van der Waals surface area contributed by atoms with Crippen molar-refractivity contribution in [1.82, 2.24) is 14.5 Å². The van der Waals surface area contributed by atoms with Crippen molar-refractivity contribution < 1.29 is 4.79 Å². The van der Waals surface area contributed by atoms with Gasteiger partial charge in [-0.1, -0.05) is 30.8 Å². The Morgan fingerprint density at radius 2 is 2.31 bits per heavy atom. The van der Waals surface area contributed by atoms with Crippen LogP contribution in [0.5, 0.6) is 0 Å². The van der Waals surface area contributed by atoms with Crippen molar-refractivity contribution in [2.45, 2.75) is 31.5 Å². The molecular weight excluding hydrogens is 422 g/mol. The quantitative estimate of drug-likeness (QED) is 0.313. The Bertz CT molecular complexity index is 1080. The minimum absolute atomic E-state index is 0.0684. The molecule has 1 unspecified atom stereocenters. The van der Waals surface area contributed by atoms with Crippen molar-refractivity contribution in [2.24, 2.45) is 5.92 Å². The molecule has 5 nitrogen and oxygen atoms in total. The van der Waals surface area contributed by atoms with Gasteiger partial charge in [-0.3, -0.25) is 14.2 Å². The number of hydrogen-bond donors (Lipinski definition) is 0. The van der Waals surface area contributed by atoms with E-state index >= 15 is 0 Å². The van der Waals surface area contributed by atoms with Crippen LogP contribution in [0.4, 0.5) is 0 Å². The first-order valence-corrected chi connectivity index (χ1v) is 12.4. The highest BCUT2D eigenvalue weighted by Gasteiger charge is 2.22. The molecule has 8 heteroatoms. The lowest BCUT2D eigenvalue weighted by Gasteiger charge is -2.30. The number of likely N-dealkylation sites (tertiary alicyclic amines) is 1. The maximum absolute atomic E-state index is 13.3. The predicted octanol–water partition coefficient (Wildman–Crippen LogP) is 4.72. The molecule has 1 saturated heterocycles. The van der Waals surface area contributed by atoms with Gasteiger partial charge in [-0.15, -0.1) is 29.3 Å². The zero-order valence-electron chi connectivity index (χ0n) is 16.3. The van der Waals surface area contributed by atoms with E-state index in [9.17, 15) is 9.59 Å². The second kappa shape index (κ2) is 8.85. The van der Waals surface area contributed by atoms with Gasteiger partial charge in [0.2, 0.25) is 5.91 Å². The molecule has 0 N–H and O–H groups in total. The Balaban J connectivity index is 1.64. The van der Waals surface area contributed by atoms with Crippen molar-refractivity contribution in [1.29, 1.82) is 0 Å². The lowest BCUT2D eigenvalue weighted by molar-refractivity contribution is -0.130. The minimum Gasteiger partial charge on any atom is -0.342 e. The first kappa shape index (κ1) is 20.4. The van der Waals surface area contributed by atoms with Crippen LogP contribution in [-0.2, 0) is 11.3 Å². The minimum atomic E-state index is -0.0684. The first-order chi connectivity index (χ1) is 14.1. The van der Waals surface area contributed by atoms with Crippen LogP contribution in [0.3, 0.4) is 0 Å². The van der Waals surface area contributed by atoms with Crippen molar-refractivity contribution in [2.75, 3.05) is 18.8 Å². The van der Waals surface area contributed by atoms with Gasteiger partial charge in [-0.2, -0.15) is 0 Å². The summed E-state index contributed by atoms with van der Waals surface area (Å²) in [7, 11) is 0. The molecule has 0 aliphatic carbocycles. The second-order valence-corrected chi connectivity index (χ2v) is 10.0. The van der Waals surface area contributed by atoms with E-state index in [1.54, 1.807) is 22.0 Å². The van der Waals surface area contributed by atoms with E-state index in [1.165, 1.54) is 29.5 Å². The molecule has 3 aromatic rings. The van der Waals surface area contributed by atoms with Gasteiger partial charge in [-0.05, 0) is 30.2 Å². The van der Waals surface area contributed by atoms with Crippen molar-refractivity contribution >= 4 is 50.6 Å². The monoisotopic (exact) mass is 445 g/mol. The second-order valence-electron chi connectivity index (χ2n) is 7.28. The number of allylic oxidation sites excluding steroid dienone is 1. The fourth-order valence-electron chi connectivity index (χ4n) is 3.65. The van der Waals surface area contributed by atoms with Gasteiger partial charge < -0.3 is 4.90 Å². The number of rotatable bonds is 6. The van der Waals surface area contributed by atoms with Crippen LogP contribution in [-0.4, -0.2) is 39.2 Å². The maximum atomic E-state index is 13.3. The maximum Gasteiger partial charge on any atom is 0.263 e. The molecule has 152 valence electrons. The molecule has 0 bridgehead atoms. The Morgan fingerprint density at radius 1 is 1.45 bits per heavy atom. The molecule has 3 aromatic heterocycles. The van der Waals surface area contributed by atoms with E-state index in [-0.39, 0.29) is 11.5 Å². The zero-order valence-corrected chi connectivity index (χ0v) is 18.7. The fourth-order valence-corrected chi connectivity index (χ4v) is 6.37.